The molecule has 94 valence electrons. The maximum Gasteiger partial charge on any atom is 0.254 e. The minimum atomic E-state index is -0.544. The molecule has 1 N–H and O–H groups in total. The molecule has 0 bridgehead atoms. The number of benzene rings is 1. The first-order valence-corrected chi connectivity index (χ1v) is 6.13. The van der Waals surface area contributed by atoms with Gasteiger partial charge in [-0.15, -0.1) is 0 Å². The average Bonchev–Trinajstić information content (AvgIpc) is 2.31. The van der Waals surface area contributed by atoms with Crippen molar-refractivity contribution in [3.8, 4) is 0 Å². The summed E-state index contributed by atoms with van der Waals surface area (Å²) in [5.41, 5.74) is 0.0360. The second-order valence-corrected chi connectivity index (χ2v) is 4.49. The van der Waals surface area contributed by atoms with Gasteiger partial charge in [0.2, 0.25) is 0 Å². The summed E-state index contributed by atoms with van der Waals surface area (Å²) < 4.78 is 18.9. The van der Waals surface area contributed by atoms with Crippen molar-refractivity contribution in [2.45, 2.75) is 19.4 Å². The Kier molecular flexibility index (Phi) is 5.58. The first kappa shape index (κ1) is 14.1. The van der Waals surface area contributed by atoms with Gasteiger partial charge in [-0.05, 0) is 34.5 Å². The fourth-order valence-electron chi connectivity index (χ4n) is 1.41. The van der Waals surface area contributed by atoms with Crippen molar-refractivity contribution in [2.75, 3.05) is 13.7 Å². The van der Waals surface area contributed by atoms with E-state index in [1.54, 1.807) is 19.2 Å². The van der Waals surface area contributed by atoms with Crippen LogP contribution in [0.15, 0.2) is 22.7 Å². The minimum Gasteiger partial charge on any atom is -0.383 e. The Morgan fingerprint density at radius 1 is 1.59 bits per heavy atom. The van der Waals surface area contributed by atoms with Crippen molar-refractivity contribution < 1.29 is 13.9 Å². The molecule has 0 spiro atoms. The number of methoxy groups -OCH3 is 1. The molecule has 0 aliphatic carbocycles. The Bertz CT molecular complexity index is 398. The van der Waals surface area contributed by atoms with Crippen LogP contribution in [0.5, 0.6) is 0 Å². The molecule has 0 heterocycles. The lowest BCUT2D eigenvalue weighted by molar-refractivity contribution is 0.0890. The molecule has 0 fully saturated rings. The monoisotopic (exact) mass is 303 g/mol. The zero-order valence-electron chi connectivity index (χ0n) is 9.80. The first-order chi connectivity index (χ1) is 8.10. The van der Waals surface area contributed by atoms with E-state index in [2.05, 4.69) is 21.2 Å². The Morgan fingerprint density at radius 3 is 2.88 bits per heavy atom. The van der Waals surface area contributed by atoms with Crippen LogP contribution in [0, 0.1) is 5.82 Å². The summed E-state index contributed by atoms with van der Waals surface area (Å²) in [5, 5.41) is 2.73. The van der Waals surface area contributed by atoms with Crippen molar-refractivity contribution in [2.24, 2.45) is 0 Å². The van der Waals surface area contributed by atoms with Crippen LogP contribution in [-0.4, -0.2) is 25.7 Å². The third-order valence-corrected chi connectivity index (χ3v) is 3.00. The van der Waals surface area contributed by atoms with Gasteiger partial charge in [-0.1, -0.05) is 13.0 Å². The molecule has 1 amide bonds. The number of ether oxygens (including phenoxy) is 1. The lowest BCUT2D eigenvalue weighted by atomic mass is 10.1. The van der Waals surface area contributed by atoms with Crippen molar-refractivity contribution in [1.29, 1.82) is 0 Å². The topological polar surface area (TPSA) is 38.3 Å². The van der Waals surface area contributed by atoms with Crippen molar-refractivity contribution in [3.63, 3.8) is 0 Å². The van der Waals surface area contributed by atoms with Gasteiger partial charge in [0.05, 0.1) is 22.7 Å². The predicted octanol–water partition coefficient (Wildman–Crippen LogP) is 2.74. The number of rotatable bonds is 5. The van der Waals surface area contributed by atoms with Crippen LogP contribution in [0.2, 0.25) is 0 Å². The Balaban J connectivity index is 2.79. The molecule has 0 aliphatic rings. The summed E-state index contributed by atoms with van der Waals surface area (Å²) in [6.07, 6.45) is 0.731. The smallest absolute Gasteiger partial charge is 0.254 e. The van der Waals surface area contributed by atoms with Crippen LogP contribution in [0.25, 0.3) is 0 Å². The normalized spacial score (nSPS) is 12.2. The van der Waals surface area contributed by atoms with Crippen LogP contribution in [0.3, 0.4) is 0 Å². The highest BCUT2D eigenvalue weighted by atomic mass is 79.9. The lowest BCUT2D eigenvalue weighted by Crippen LogP contribution is -2.37. The summed E-state index contributed by atoms with van der Waals surface area (Å²) in [6.45, 7) is 2.35. The van der Waals surface area contributed by atoms with E-state index in [1.165, 1.54) is 6.07 Å². The molecule has 1 aromatic carbocycles. The fourth-order valence-corrected chi connectivity index (χ4v) is 1.77. The second kappa shape index (κ2) is 6.71. The van der Waals surface area contributed by atoms with Gasteiger partial charge in [-0.3, -0.25) is 4.79 Å². The number of hydrogen-bond donors (Lipinski definition) is 1. The summed E-state index contributed by atoms with van der Waals surface area (Å²) in [5.74, 6) is -0.968. The highest BCUT2D eigenvalue weighted by Gasteiger charge is 2.16. The largest absolute Gasteiger partial charge is 0.383 e. The van der Waals surface area contributed by atoms with Crippen molar-refractivity contribution >= 4 is 21.8 Å². The molecule has 0 saturated carbocycles. The van der Waals surface area contributed by atoms with E-state index >= 15 is 0 Å². The second-order valence-electron chi connectivity index (χ2n) is 3.64. The maximum absolute atomic E-state index is 13.7. The van der Waals surface area contributed by atoms with Gasteiger partial charge in [-0.25, -0.2) is 4.39 Å². The van der Waals surface area contributed by atoms with Crippen LogP contribution in [-0.2, 0) is 4.74 Å². The number of halogens is 2. The highest BCUT2D eigenvalue weighted by Crippen LogP contribution is 2.18. The molecule has 17 heavy (non-hydrogen) atoms. The van der Waals surface area contributed by atoms with E-state index in [4.69, 9.17) is 4.74 Å². The van der Waals surface area contributed by atoms with Gasteiger partial charge in [0.25, 0.3) is 5.91 Å². The van der Waals surface area contributed by atoms with E-state index in [1.807, 2.05) is 6.92 Å². The van der Waals surface area contributed by atoms with Crippen molar-refractivity contribution in [3.05, 3.63) is 34.1 Å². The molecular formula is C12H15BrFNO2. The molecule has 0 saturated heterocycles. The zero-order valence-corrected chi connectivity index (χ0v) is 11.4. The number of hydrogen-bond acceptors (Lipinski definition) is 2. The fraction of sp³-hybridized carbons (Fsp3) is 0.417. The van der Waals surface area contributed by atoms with E-state index in [0.717, 1.165) is 6.42 Å². The van der Waals surface area contributed by atoms with Crippen LogP contribution in [0.4, 0.5) is 4.39 Å². The number of amides is 1. The number of nitrogens with one attached hydrogen (secondary N) is 1. The molecule has 1 rings (SSSR count). The van der Waals surface area contributed by atoms with Gasteiger partial charge >= 0.3 is 0 Å². The van der Waals surface area contributed by atoms with Gasteiger partial charge in [0.15, 0.2) is 0 Å². The molecule has 1 atom stereocenters. The van der Waals surface area contributed by atoms with Gasteiger partial charge in [0, 0.05) is 7.11 Å². The Labute approximate surface area is 108 Å². The van der Waals surface area contributed by atoms with Crippen LogP contribution in [0.1, 0.15) is 23.7 Å². The quantitative estimate of drug-likeness (QED) is 0.908. The Hall–Kier alpha value is -0.940. The van der Waals surface area contributed by atoms with Gasteiger partial charge in [0.1, 0.15) is 5.82 Å². The van der Waals surface area contributed by atoms with E-state index in [-0.39, 0.29) is 16.1 Å². The molecule has 1 aromatic rings. The predicted molar refractivity (Wildman–Crippen MR) is 67.5 cm³/mol. The van der Waals surface area contributed by atoms with Crippen molar-refractivity contribution in [1.82, 2.24) is 5.32 Å². The molecule has 1 unspecified atom stereocenters. The summed E-state index contributed by atoms with van der Waals surface area (Å²) in [4.78, 5) is 11.8. The zero-order chi connectivity index (χ0) is 12.8. The van der Waals surface area contributed by atoms with Gasteiger partial charge < -0.3 is 10.1 Å². The molecule has 5 heteroatoms. The van der Waals surface area contributed by atoms with E-state index in [9.17, 15) is 9.18 Å². The van der Waals surface area contributed by atoms with E-state index in [0.29, 0.717) is 6.61 Å². The SMILES string of the molecule is CCC(COC)NC(=O)c1cccc(Br)c1F. The lowest BCUT2D eigenvalue weighted by Gasteiger charge is -2.16. The van der Waals surface area contributed by atoms with Crippen LogP contribution >= 0.6 is 15.9 Å². The Morgan fingerprint density at radius 2 is 2.29 bits per heavy atom. The summed E-state index contributed by atoms with van der Waals surface area (Å²) >= 11 is 3.05. The maximum atomic E-state index is 13.7. The number of carbonyl (C=O) groups excluding carboxylic acids is 1. The summed E-state index contributed by atoms with van der Waals surface area (Å²) in [7, 11) is 1.56. The third-order valence-electron chi connectivity index (χ3n) is 2.39. The summed E-state index contributed by atoms with van der Waals surface area (Å²) in [6, 6.07) is 4.53. The average molecular weight is 304 g/mol. The standard InChI is InChI=1S/C12H15BrFNO2/c1-3-8(7-17-2)15-12(16)9-5-4-6-10(13)11(9)14/h4-6,8H,3,7H2,1-2H3,(H,15,16). The van der Waals surface area contributed by atoms with Gasteiger partial charge in [-0.2, -0.15) is 0 Å². The van der Waals surface area contributed by atoms with Crippen LogP contribution < -0.4 is 5.32 Å². The number of carbonyl (C=O) groups is 1. The minimum absolute atomic E-state index is 0.0360. The first-order valence-electron chi connectivity index (χ1n) is 5.34. The molecule has 0 aliphatic heterocycles. The molecule has 0 aromatic heterocycles. The van der Waals surface area contributed by atoms with E-state index < -0.39 is 11.7 Å². The molecular weight excluding hydrogens is 289 g/mol. The highest BCUT2D eigenvalue weighted by molar-refractivity contribution is 9.10. The molecule has 0 radical (unpaired) electrons. The third kappa shape index (κ3) is 3.78. The molecule has 3 nitrogen and oxygen atoms in total.